The fourth-order valence-electron chi connectivity index (χ4n) is 2.84. The van der Waals surface area contributed by atoms with Crippen LogP contribution in [0.3, 0.4) is 0 Å². The van der Waals surface area contributed by atoms with Crippen LogP contribution < -0.4 is 5.32 Å². The summed E-state index contributed by atoms with van der Waals surface area (Å²) in [6, 6.07) is 8.95. The lowest BCUT2D eigenvalue weighted by molar-refractivity contribution is 0.456. The number of rotatable bonds is 3. The first-order chi connectivity index (χ1) is 9.26. The zero-order valence-corrected chi connectivity index (χ0v) is 12.6. The van der Waals surface area contributed by atoms with Crippen molar-refractivity contribution in [2.75, 3.05) is 11.6 Å². The first-order valence-corrected chi connectivity index (χ1v) is 8.32. The lowest BCUT2D eigenvalue weighted by Crippen LogP contribution is -2.26. The van der Waals surface area contributed by atoms with Crippen molar-refractivity contribution >= 4 is 17.4 Å². The molecule has 0 amide bonds. The van der Waals surface area contributed by atoms with Gasteiger partial charge in [0, 0.05) is 10.9 Å². The van der Waals surface area contributed by atoms with E-state index in [9.17, 15) is 5.26 Å². The van der Waals surface area contributed by atoms with E-state index in [0.717, 1.165) is 16.1 Å². The minimum atomic E-state index is 0.506. The molecule has 1 aliphatic rings. The Morgan fingerprint density at radius 1 is 1.26 bits per heavy atom. The van der Waals surface area contributed by atoms with Gasteiger partial charge in [0.15, 0.2) is 0 Å². The molecule has 1 aromatic carbocycles. The largest absolute Gasteiger partial charge is 0.381 e. The van der Waals surface area contributed by atoms with E-state index in [0.29, 0.717) is 12.0 Å². The molecule has 102 valence electrons. The van der Waals surface area contributed by atoms with Crippen molar-refractivity contribution in [3.05, 3.63) is 23.8 Å². The molecule has 0 aliphatic heterocycles. The van der Waals surface area contributed by atoms with Crippen LogP contribution in [0.25, 0.3) is 0 Å². The molecule has 19 heavy (non-hydrogen) atoms. The Kier molecular flexibility index (Phi) is 5.15. The Hall–Kier alpha value is -1.14. The number of hydrogen-bond acceptors (Lipinski definition) is 3. The van der Waals surface area contributed by atoms with Crippen LogP contribution in [0.15, 0.2) is 23.1 Å². The molecule has 0 heterocycles. The number of thioether (sulfide) groups is 1. The molecule has 2 nitrogen and oxygen atoms in total. The average molecular weight is 274 g/mol. The van der Waals surface area contributed by atoms with Gasteiger partial charge in [-0.05, 0) is 37.1 Å². The van der Waals surface area contributed by atoms with E-state index in [-0.39, 0.29) is 0 Å². The monoisotopic (exact) mass is 274 g/mol. The molecule has 2 rings (SSSR count). The quantitative estimate of drug-likeness (QED) is 0.643. The predicted octanol–water partition coefficient (Wildman–Crippen LogP) is 4.66. The van der Waals surface area contributed by atoms with E-state index in [4.69, 9.17) is 0 Å². The zero-order chi connectivity index (χ0) is 13.7. The van der Waals surface area contributed by atoms with Crippen molar-refractivity contribution in [2.45, 2.75) is 50.0 Å². The van der Waals surface area contributed by atoms with Gasteiger partial charge in [0.25, 0.3) is 0 Å². The zero-order valence-electron chi connectivity index (χ0n) is 11.8. The highest BCUT2D eigenvalue weighted by atomic mass is 32.2. The summed E-state index contributed by atoms with van der Waals surface area (Å²) in [6.07, 6.45) is 8.52. The van der Waals surface area contributed by atoms with Crippen molar-refractivity contribution in [1.29, 1.82) is 5.26 Å². The average Bonchev–Trinajstić information content (AvgIpc) is 2.64. The van der Waals surface area contributed by atoms with Crippen molar-refractivity contribution in [3.63, 3.8) is 0 Å². The van der Waals surface area contributed by atoms with Crippen molar-refractivity contribution in [3.8, 4) is 6.07 Å². The second-order valence-corrected chi connectivity index (χ2v) is 6.21. The molecule has 0 bridgehead atoms. The van der Waals surface area contributed by atoms with Gasteiger partial charge in [-0.15, -0.1) is 11.8 Å². The fourth-order valence-corrected chi connectivity index (χ4v) is 3.42. The molecule has 0 saturated heterocycles. The summed E-state index contributed by atoms with van der Waals surface area (Å²) in [7, 11) is 0. The Morgan fingerprint density at radius 2 is 2.05 bits per heavy atom. The third-order valence-electron chi connectivity index (χ3n) is 4.06. The first kappa shape index (κ1) is 14.3. The Bertz CT molecular complexity index is 464. The van der Waals surface area contributed by atoms with Crippen LogP contribution in [0.4, 0.5) is 5.69 Å². The molecular weight excluding hydrogens is 252 g/mol. The topological polar surface area (TPSA) is 35.8 Å². The van der Waals surface area contributed by atoms with Gasteiger partial charge in [-0.1, -0.05) is 32.3 Å². The van der Waals surface area contributed by atoms with Crippen LogP contribution in [0.5, 0.6) is 0 Å². The van der Waals surface area contributed by atoms with E-state index in [1.807, 2.05) is 24.5 Å². The second kappa shape index (κ2) is 6.86. The summed E-state index contributed by atoms with van der Waals surface area (Å²) < 4.78 is 0. The maximum atomic E-state index is 9.38. The Labute approximate surface area is 120 Å². The number of benzene rings is 1. The highest BCUT2D eigenvalue weighted by Crippen LogP contribution is 2.30. The van der Waals surface area contributed by atoms with Gasteiger partial charge in [-0.2, -0.15) is 5.26 Å². The van der Waals surface area contributed by atoms with Crippen molar-refractivity contribution in [2.24, 2.45) is 5.92 Å². The van der Waals surface area contributed by atoms with Crippen LogP contribution in [0, 0.1) is 17.2 Å². The molecular formula is C16H22N2S. The molecule has 1 N–H and O–H groups in total. The lowest BCUT2D eigenvalue weighted by Gasteiger charge is -2.25. The van der Waals surface area contributed by atoms with E-state index in [1.54, 1.807) is 11.8 Å². The van der Waals surface area contributed by atoms with Crippen molar-refractivity contribution < 1.29 is 0 Å². The van der Waals surface area contributed by atoms with Crippen LogP contribution >= 0.6 is 11.8 Å². The van der Waals surface area contributed by atoms with Gasteiger partial charge in [0.05, 0.1) is 11.3 Å². The van der Waals surface area contributed by atoms with Crippen LogP contribution in [-0.2, 0) is 0 Å². The molecule has 3 heteroatoms. The minimum absolute atomic E-state index is 0.506. The summed E-state index contributed by atoms with van der Waals surface area (Å²) in [6.45, 7) is 2.33. The summed E-state index contributed by atoms with van der Waals surface area (Å²) in [5.41, 5.74) is 1.81. The summed E-state index contributed by atoms with van der Waals surface area (Å²) in [5, 5.41) is 13.0. The van der Waals surface area contributed by atoms with Gasteiger partial charge in [0.1, 0.15) is 6.07 Å². The van der Waals surface area contributed by atoms with Gasteiger partial charge in [0.2, 0.25) is 0 Å². The van der Waals surface area contributed by atoms with Crippen LogP contribution in [0.1, 0.15) is 44.6 Å². The molecule has 1 aromatic rings. The summed E-state index contributed by atoms with van der Waals surface area (Å²) in [5.74, 6) is 0.687. The van der Waals surface area contributed by atoms with E-state index < -0.39 is 0 Å². The minimum Gasteiger partial charge on any atom is -0.381 e. The third-order valence-corrected chi connectivity index (χ3v) is 4.84. The summed E-state index contributed by atoms with van der Waals surface area (Å²) in [4.78, 5) is 1.06. The number of anilines is 1. The van der Waals surface area contributed by atoms with Crippen LogP contribution in [-0.4, -0.2) is 12.3 Å². The molecule has 0 spiro atoms. The molecule has 0 radical (unpaired) electrons. The summed E-state index contributed by atoms with van der Waals surface area (Å²) >= 11 is 1.64. The number of nitrogens with zero attached hydrogens (tertiary/aromatic N) is 1. The van der Waals surface area contributed by atoms with Gasteiger partial charge in [-0.25, -0.2) is 0 Å². The standard InChI is InChI=1S/C16H22N2S/c1-12-7-4-3-5-8-14(12)18-15-9-6-10-16(19-2)13(15)11-17/h6,9-10,12,14,18H,3-5,7-8H2,1-2H3. The van der Waals surface area contributed by atoms with Crippen molar-refractivity contribution in [1.82, 2.24) is 0 Å². The molecule has 1 saturated carbocycles. The molecule has 2 unspecified atom stereocenters. The molecule has 1 fully saturated rings. The smallest absolute Gasteiger partial charge is 0.102 e. The second-order valence-electron chi connectivity index (χ2n) is 5.36. The number of nitrogens with one attached hydrogen (secondary N) is 1. The predicted molar refractivity (Wildman–Crippen MR) is 82.6 cm³/mol. The van der Waals surface area contributed by atoms with E-state index >= 15 is 0 Å². The van der Waals surface area contributed by atoms with E-state index in [2.05, 4.69) is 18.3 Å². The number of hydrogen-bond donors (Lipinski definition) is 1. The molecule has 1 aliphatic carbocycles. The van der Waals surface area contributed by atoms with E-state index in [1.165, 1.54) is 32.1 Å². The van der Waals surface area contributed by atoms with Gasteiger partial charge in [-0.3, -0.25) is 0 Å². The molecule has 0 aromatic heterocycles. The number of nitriles is 1. The highest BCUT2D eigenvalue weighted by Gasteiger charge is 2.21. The third kappa shape index (κ3) is 3.45. The SMILES string of the molecule is CSc1cccc(NC2CCCCCC2C)c1C#N. The van der Waals surface area contributed by atoms with Crippen LogP contribution in [0.2, 0.25) is 0 Å². The maximum absolute atomic E-state index is 9.38. The Balaban J connectivity index is 2.20. The molecule has 2 atom stereocenters. The first-order valence-electron chi connectivity index (χ1n) is 7.10. The highest BCUT2D eigenvalue weighted by molar-refractivity contribution is 7.98. The van der Waals surface area contributed by atoms with Gasteiger partial charge >= 0.3 is 0 Å². The normalized spacial score (nSPS) is 23.4. The van der Waals surface area contributed by atoms with Gasteiger partial charge < -0.3 is 5.32 Å². The maximum Gasteiger partial charge on any atom is 0.102 e. The lowest BCUT2D eigenvalue weighted by atomic mass is 9.96. The Morgan fingerprint density at radius 3 is 2.79 bits per heavy atom. The fraction of sp³-hybridized carbons (Fsp3) is 0.562.